The van der Waals surface area contributed by atoms with Gasteiger partial charge < -0.3 is 13.3 Å². The van der Waals surface area contributed by atoms with Gasteiger partial charge in [0.1, 0.15) is 0 Å². The van der Waals surface area contributed by atoms with Crippen molar-refractivity contribution in [2.45, 2.75) is 32.1 Å². The molecule has 13 heavy (non-hydrogen) atoms. The van der Waals surface area contributed by atoms with Crippen molar-refractivity contribution in [3.05, 3.63) is 0 Å². The molecule has 0 unspecified atom stereocenters. The predicted molar refractivity (Wildman–Crippen MR) is 53.7 cm³/mol. The summed E-state index contributed by atoms with van der Waals surface area (Å²) in [6.07, 6.45) is 6.75. The summed E-state index contributed by atoms with van der Waals surface area (Å²) < 4.78 is 15.6. The molecule has 0 aromatic rings. The Kier molecular flexibility index (Phi) is 5.62. The van der Waals surface area contributed by atoms with E-state index in [2.05, 4.69) is 0 Å². The van der Waals surface area contributed by atoms with Gasteiger partial charge in [0.2, 0.25) is 0 Å². The normalized spacial score (nSPS) is 18.7. The molecule has 0 aliphatic heterocycles. The van der Waals surface area contributed by atoms with E-state index in [0.29, 0.717) is 0 Å². The summed E-state index contributed by atoms with van der Waals surface area (Å²) >= 11 is 0. The van der Waals surface area contributed by atoms with Crippen LogP contribution in [0.15, 0.2) is 0 Å². The standard InChI is InChI=1S/C9H20O3Si/c1-10-13(11-2)12-8-7-9-5-3-4-6-9/h9,13H,3-8H2,1-2H3. The molecule has 0 saturated heterocycles. The van der Waals surface area contributed by atoms with Gasteiger partial charge in [-0.15, -0.1) is 0 Å². The SMILES string of the molecule is CO[SiH](OC)OCCC1CCCC1. The second-order valence-corrected chi connectivity index (χ2v) is 5.42. The van der Waals surface area contributed by atoms with Crippen molar-refractivity contribution >= 4 is 9.53 Å². The summed E-state index contributed by atoms with van der Waals surface area (Å²) in [5.41, 5.74) is 0. The number of hydrogen-bond donors (Lipinski definition) is 0. The van der Waals surface area contributed by atoms with Gasteiger partial charge in [0.25, 0.3) is 0 Å². The van der Waals surface area contributed by atoms with Crippen molar-refractivity contribution in [2.75, 3.05) is 20.8 Å². The minimum atomic E-state index is -1.75. The summed E-state index contributed by atoms with van der Waals surface area (Å²) in [6.45, 7) is 0.809. The summed E-state index contributed by atoms with van der Waals surface area (Å²) in [4.78, 5) is 0. The van der Waals surface area contributed by atoms with E-state index in [1.807, 2.05) is 0 Å². The second-order valence-electron chi connectivity index (χ2n) is 3.57. The molecule has 0 amide bonds. The lowest BCUT2D eigenvalue weighted by atomic mass is 10.1. The first-order chi connectivity index (χ1) is 6.36. The van der Waals surface area contributed by atoms with E-state index >= 15 is 0 Å². The smallest absolute Gasteiger partial charge is 0.379 e. The highest BCUT2D eigenvalue weighted by atomic mass is 28.3. The Morgan fingerprint density at radius 2 is 1.77 bits per heavy atom. The molecule has 3 nitrogen and oxygen atoms in total. The molecular weight excluding hydrogens is 184 g/mol. The van der Waals surface area contributed by atoms with Gasteiger partial charge in [-0.1, -0.05) is 25.7 Å². The molecule has 1 saturated carbocycles. The highest BCUT2D eigenvalue weighted by Gasteiger charge is 2.16. The van der Waals surface area contributed by atoms with Gasteiger partial charge in [0, 0.05) is 20.8 Å². The third-order valence-electron chi connectivity index (χ3n) is 2.64. The summed E-state index contributed by atoms with van der Waals surface area (Å²) in [5, 5.41) is 0. The topological polar surface area (TPSA) is 27.7 Å². The lowest BCUT2D eigenvalue weighted by Crippen LogP contribution is -2.24. The zero-order valence-electron chi connectivity index (χ0n) is 8.62. The molecule has 0 spiro atoms. The van der Waals surface area contributed by atoms with Crippen molar-refractivity contribution in [3.63, 3.8) is 0 Å². The van der Waals surface area contributed by atoms with Crippen molar-refractivity contribution in [3.8, 4) is 0 Å². The quantitative estimate of drug-likeness (QED) is 0.615. The van der Waals surface area contributed by atoms with E-state index in [-0.39, 0.29) is 0 Å². The first-order valence-corrected chi connectivity index (χ1v) is 6.45. The van der Waals surface area contributed by atoms with Crippen molar-refractivity contribution < 1.29 is 13.3 Å². The van der Waals surface area contributed by atoms with Gasteiger partial charge in [-0.3, -0.25) is 0 Å². The monoisotopic (exact) mass is 204 g/mol. The van der Waals surface area contributed by atoms with Crippen LogP contribution in [0.4, 0.5) is 0 Å². The highest BCUT2D eigenvalue weighted by molar-refractivity contribution is 6.36. The molecule has 0 radical (unpaired) electrons. The van der Waals surface area contributed by atoms with E-state index in [9.17, 15) is 0 Å². The molecule has 0 N–H and O–H groups in total. The zero-order valence-corrected chi connectivity index (χ0v) is 9.78. The summed E-state index contributed by atoms with van der Waals surface area (Å²) in [7, 11) is 1.54. The van der Waals surface area contributed by atoms with Crippen molar-refractivity contribution in [1.29, 1.82) is 0 Å². The average molecular weight is 204 g/mol. The van der Waals surface area contributed by atoms with Crippen LogP contribution in [0.25, 0.3) is 0 Å². The van der Waals surface area contributed by atoms with Gasteiger partial charge in [-0.25, -0.2) is 0 Å². The molecule has 0 atom stereocenters. The van der Waals surface area contributed by atoms with E-state index in [0.717, 1.165) is 12.5 Å². The lowest BCUT2D eigenvalue weighted by molar-refractivity contribution is 0.128. The maximum absolute atomic E-state index is 5.50. The second kappa shape index (κ2) is 6.54. The Morgan fingerprint density at radius 3 is 2.31 bits per heavy atom. The summed E-state index contributed by atoms with van der Waals surface area (Å²) in [6, 6.07) is 0. The number of hydrogen-bond acceptors (Lipinski definition) is 3. The van der Waals surface area contributed by atoms with Crippen LogP contribution in [0.3, 0.4) is 0 Å². The van der Waals surface area contributed by atoms with Crippen LogP contribution in [0.2, 0.25) is 0 Å². The van der Waals surface area contributed by atoms with Crippen LogP contribution in [-0.2, 0) is 13.3 Å². The van der Waals surface area contributed by atoms with Crippen LogP contribution in [0.1, 0.15) is 32.1 Å². The van der Waals surface area contributed by atoms with E-state index in [1.165, 1.54) is 32.1 Å². The highest BCUT2D eigenvalue weighted by Crippen LogP contribution is 2.27. The molecule has 1 rings (SSSR count). The largest absolute Gasteiger partial charge is 0.483 e. The maximum Gasteiger partial charge on any atom is 0.483 e. The summed E-state index contributed by atoms with van der Waals surface area (Å²) in [5.74, 6) is 0.892. The van der Waals surface area contributed by atoms with Crippen LogP contribution >= 0.6 is 0 Å². The number of rotatable bonds is 6. The van der Waals surface area contributed by atoms with Gasteiger partial charge in [-0.2, -0.15) is 0 Å². The Morgan fingerprint density at radius 1 is 1.15 bits per heavy atom. The van der Waals surface area contributed by atoms with Crippen LogP contribution in [-0.4, -0.2) is 30.4 Å². The van der Waals surface area contributed by atoms with Crippen molar-refractivity contribution in [2.24, 2.45) is 5.92 Å². The van der Waals surface area contributed by atoms with E-state index < -0.39 is 9.53 Å². The first-order valence-electron chi connectivity index (χ1n) is 5.04. The molecule has 0 aromatic carbocycles. The molecular formula is C9H20O3Si. The third-order valence-corrected chi connectivity index (χ3v) is 3.92. The fourth-order valence-corrected chi connectivity index (χ4v) is 2.66. The minimum Gasteiger partial charge on any atom is -0.379 e. The van der Waals surface area contributed by atoms with Crippen LogP contribution in [0, 0.1) is 5.92 Å². The van der Waals surface area contributed by atoms with E-state index in [4.69, 9.17) is 13.3 Å². The Labute approximate surface area is 82.3 Å². The molecule has 1 aliphatic carbocycles. The Balaban J connectivity index is 1.98. The first kappa shape index (κ1) is 11.2. The molecule has 0 heterocycles. The molecule has 78 valence electrons. The predicted octanol–water partition coefficient (Wildman–Crippen LogP) is 1.59. The zero-order chi connectivity index (χ0) is 9.52. The van der Waals surface area contributed by atoms with Gasteiger partial charge >= 0.3 is 9.53 Å². The maximum atomic E-state index is 5.50. The Hall–Kier alpha value is 0.0969. The van der Waals surface area contributed by atoms with Crippen LogP contribution < -0.4 is 0 Å². The van der Waals surface area contributed by atoms with E-state index in [1.54, 1.807) is 14.2 Å². The molecule has 1 aliphatic rings. The molecule has 0 aromatic heterocycles. The molecule has 0 bridgehead atoms. The fourth-order valence-electron chi connectivity index (χ4n) is 1.86. The lowest BCUT2D eigenvalue weighted by Gasteiger charge is -2.13. The average Bonchev–Trinajstić information content (AvgIpc) is 2.65. The minimum absolute atomic E-state index is 0.809. The van der Waals surface area contributed by atoms with Gasteiger partial charge in [0.05, 0.1) is 0 Å². The molecule has 1 fully saturated rings. The van der Waals surface area contributed by atoms with Gasteiger partial charge in [0.15, 0.2) is 0 Å². The fraction of sp³-hybridized carbons (Fsp3) is 1.00. The third kappa shape index (κ3) is 4.22. The molecule has 4 heteroatoms. The van der Waals surface area contributed by atoms with Crippen molar-refractivity contribution in [1.82, 2.24) is 0 Å². The Bertz CT molecular complexity index is 120. The van der Waals surface area contributed by atoms with Crippen LogP contribution in [0.5, 0.6) is 0 Å². The van der Waals surface area contributed by atoms with Gasteiger partial charge in [-0.05, 0) is 12.3 Å².